The lowest BCUT2D eigenvalue weighted by Crippen LogP contribution is -2.07. The normalized spacial score (nSPS) is 11.2. The van der Waals surface area contributed by atoms with E-state index in [1.807, 2.05) is 6.92 Å². The minimum Gasteiger partial charge on any atom is -0.494 e. The molecular weight excluding hydrogens is 221 g/mol. The molecule has 0 amide bonds. The maximum atomic E-state index is 12.4. The minimum atomic E-state index is -4.47. The fraction of sp³-hybridized carbons (Fsp3) is 0.364. The Bertz CT molecular complexity index is 372. The second-order valence-electron chi connectivity index (χ2n) is 3.25. The molecule has 0 aliphatic heterocycles. The quantitative estimate of drug-likeness (QED) is 0.744. The van der Waals surface area contributed by atoms with Gasteiger partial charge in [-0.15, -0.1) is 0 Å². The average Bonchev–Trinajstić information content (AvgIpc) is 2.24. The van der Waals surface area contributed by atoms with Crippen LogP contribution in [0, 0.1) is 0 Å². The summed E-state index contributed by atoms with van der Waals surface area (Å²) in [6.07, 6.45) is -3.41. The van der Waals surface area contributed by atoms with E-state index in [-0.39, 0.29) is 11.3 Å². The highest BCUT2D eigenvalue weighted by Crippen LogP contribution is 2.32. The topological polar surface area (TPSA) is 26.3 Å². The molecule has 0 radical (unpaired) electrons. The van der Waals surface area contributed by atoms with Crippen LogP contribution in [0.4, 0.5) is 13.2 Å². The molecule has 1 aromatic rings. The predicted molar refractivity (Wildman–Crippen MR) is 52.6 cm³/mol. The summed E-state index contributed by atoms with van der Waals surface area (Å²) in [6.45, 7) is 2.16. The molecule has 0 heterocycles. The molecule has 0 atom stereocenters. The lowest BCUT2D eigenvalue weighted by Gasteiger charge is -2.10. The highest BCUT2D eigenvalue weighted by atomic mass is 19.4. The van der Waals surface area contributed by atoms with Gasteiger partial charge in [0.1, 0.15) is 12.0 Å². The first kappa shape index (κ1) is 12.5. The van der Waals surface area contributed by atoms with Gasteiger partial charge in [0.05, 0.1) is 12.2 Å². The average molecular weight is 232 g/mol. The van der Waals surface area contributed by atoms with Gasteiger partial charge >= 0.3 is 6.18 Å². The van der Waals surface area contributed by atoms with E-state index in [0.717, 1.165) is 12.1 Å². The van der Waals surface area contributed by atoms with Gasteiger partial charge in [0.2, 0.25) is 0 Å². The molecule has 0 saturated carbocycles. The van der Waals surface area contributed by atoms with Crippen LogP contribution in [0.5, 0.6) is 5.75 Å². The van der Waals surface area contributed by atoms with Gasteiger partial charge in [-0.1, -0.05) is 6.92 Å². The standard InChI is InChI=1S/C11H11F3O2/c1-2-3-16-10-5-8(7-15)4-9(6-10)11(12,13)14/h4-7H,2-3H2,1H3. The predicted octanol–water partition coefficient (Wildman–Crippen LogP) is 3.31. The zero-order valence-corrected chi connectivity index (χ0v) is 8.67. The Morgan fingerprint density at radius 2 is 2.00 bits per heavy atom. The van der Waals surface area contributed by atoms with Gasteiger partial charge in [-0.3, -0.25) is 4.79 Å². The van der Waals surface area contributed by atoms with E-state index >= 15 is 0 Å². The van der Waals surface area contributed by atoms with Crippen molar-refractivity contribution in [3.8, 4) is 5.75 Å². The molecule has 0 unspecified atom stereocenters. The van der Waals surface area contributed by atoms with Crippen molar-refractivity contribution in [2.75, 3.05) is 6.61 Å². The third-order valence-electron chi connectivity index (χ3n) is 1.87. The number of carbonyl (C=O) groups excluding carboxylic acids is 1. The zero-order valence-electron chi connectivity index (χ0n) is 8.67. The molecule has 88 valence electrons. The van der Waals surface area contributed by atoms with E-state index in [4.69, 9.17) is 4.74 Å². The summed E-state index contributed by atoms with van der Waals surface area (Å²) < 4.78 is 42.4. The van der Waals surface area contributed by atoms with Crippen molar-refractivity contribution in [1.82, 2.24) is 0 Å². The SMILES string of the molecule is CCCOc1cc(C=O)cc(C(F)(F)F)c1. The van der Waals surface area contributed by atoms with Gasteiger partial charge < -0.3 is 4.74 Å². The maximum absolute atomic E-state index is 12.4. The lowest BCUT2D eigenvalue weighted by atomic mass is 10.1. The van der Waals surface area contributed by atoms with E-state index in [1.165, 1.54) is 6.07 Å². The summed E-state index contributed by atoms with van der Waals surface area (Å²) >= 11 is 0. The van der Waals surface area contributed by atoms with Crippen LogP contribution in [-0.4, -0.2) is 12.9 Å². The Morgan fingerprint density at radius 1 is 1.31 bits per heavy atom. The zero-order chi connectivity index (χ0) is 12.2. The molecule has 16 heavy (non-hydrogen) atoms. The van der Waals surface area contributed by atoms with Gasteiger partial charge in [0.15, 0.2) is 0 Å². The molecule has 0 aliphatic carbocycles. The van der Waals surface area contributed by atoms with Crippen molar-refractivity contribution in [2.24, 2.45) is 0 Å². The smallest absolute Gasteiger partial charge is 0.416 e. The molecule has 2 nitrogen and oxygen atoms in total. The van der Waals surface area contributed by atoms with E-state index in [2.05, 4.69) is 0 Å². The van der Waals surface area contributed by atoms with Crippen molar-refractivity contribution < 1.29 is 22.7 Å². The molecular formula is C11H11F3O2. The van der Waals surface area contributed by atoms with Crippen LogP contribution in [0.15, 0.2) is 18.2 Å². The Kier molecular flexibility index (Phi) is 3.93. The van der Waals surface area contributed by atoms with Crippen molar-refractivity contribution in [3.05, 3.63) is 29.3 Å². The number of ether oxygens (including phenoxy) is 1. The number of aldehydes is 1. The number of halogens is 3. The molecule has 0 saturated heterocycles. The van der Waals surface area contributed by atoms with Gasteiger partial charge in [-0.25, -0.2) is 0 Å². The van der Waals surface area contributed by atoms with Crippen molar-refractivity contribution >= 4 is 6.29 Å². The number of benzene rings is 1. The molecule has 5 heteroatoms. The van der Waals surface area contributed by atoms with Crippen LogP contribution >= 0.6 is 0 Å². The van der Waals surface area contributed by atoms with Crippen molar-refractivity contribution in [1.29, 1.82) is 0 Å². The van der Waals surface area contributed by atoms with Gasteiger partial charge in [0, 0.05) is 5.56 Å². The van der Waals surface area contributed by atoms with E-state index < -0.39 is 11.7 Å². The van der Waals surface area contributed by atoms with Crippen LogP contribution < -0.4 is 4.74 Å². The van der Waals surface area contributed by atoms with E-state index in [9.17, 15) is 18.0 Å². The first-order chi connectivity index (χ1) is 7.47. The summed E-state index contributed by atoms with van der Waals surface area (Å²) in [6, 6.07) is 2.98. The molecule has 0 spiro atoms. The largest absolute Gasteiger partial charge is 0.494 e. The summed E-state index contributed by atoms with van der Waals surface area (Å²) in [5.74, 6) is 0.0683. The third kappa shape index (κ3) is 3.25. The number of alkyl halides is 3. The first-order valence-electron chi connectivity index (χ1n) is 4.77. The Morgan fingerprint density at radius 3 is 2.50 bits per heavy atom. The molecule has 1 rings (SSSR count). The number of hydrogen-bond donors (Lipinski definition) is 0. The van der Waals surface area contributed by atoms with Crippen molar-refractivity contribution in [2.45, 2.75) is 19.5 Å². The monoisotopic (exact) mass is 232 g/mol. The van der Waals surface area contributed by atoms with Crippen LogP contribution in [0.25, 0.3) is 0 Å². The molecule has 0 aliphatic rings. The summed E-state index contributed by atoms with van der Waals surface area (Å²) in [5, 5.41) is 0. The van der Waals surface area contributed by atoms with Gasteiger partial charge in [0.25, 0.3) is 0 Å². The second-order valence-corrected chi connectivity index (χ2v) is 3.25. The number of hydrogen-bond acceptors (Lipinski definition) is 2. The van der Waals surface area contributed by atoms with Crippen LogP contribution in [-0.2, 0) is 6.18 Å². The molecule has 1 aromatic carbocycles. The summed E-state index contributed by atoms with van der Waals surface area (Å²) in [5.41, 5.74) is -0.913. The Labute approximate surface area is 91.0 Å². The molecule has 0 bridgehead atoms. The van der Waals surface area contributed by atoms with Gasteiger partial charge in [-0.05, 0) is 24.6 Å². The first-order valence-corrected chi connectivity index (χ1v) is 4.77. The Balaban J connectivity index is 3.06. The Hall–Kier alpha value is -1.52. The van der Waals surface area contributed by atoms with Crippen LogP contribution in [0.2, 0.25) is 0 Å². The highest BCUT2D eigenvalue weighted by molar-refractivity contribution is 5.76. The molecule has 0 N–H and O–H groups in total. The van der Waals surface area contributed by atoms with Crippen LogP contribution in [0.3, 0.4) is 0 Å². The van der Waals surface area contributed by atoms with E-state index in [1.54, 1.807) is 0 Å². The summed E-state index contributed by atoms with van der Waals surface area (Å²) in [7, 11) is 0. The fourth-order valence-corrected chi connectivity index (χ4v) is 1.16. The number of carbonyl (C=O) groups is 1. The lowest BCUT2D eigenvalue weighted by molar-refractivity contribution is -0.137. The fourth-order valence-electron chi connectivity index (χ4n) is 1.16. The third-order valence-corrected chi connectivity index (χ3v) is 1.87. The molecule has 0 aromatic heterocycles. The highest BCUT2D eigenvalue weighted by Gasteiger charge is 2.31. The second kappa shape index (κ2) is 5.01. The summed E-state index contributed by atoms with van der Waals surface area (Å²) in [4.78, 5) is 10.5. The number of rotatable bonds is 4. The maximum Gasteiger partial charge on any atom is 0.416 e. The van der Waals surface area contributed by atoms with Crippen LogP contribution in [0.1, 0.15) is 29.3 Å². The minimum absolute atomic E-state index is 0.0408. The van der Waals surface area contributed by atoms with Gasteiger partial charge in [-0.2, -0.15) is 13.2 Å². The van der Waals surface area contributed by atoms with E-state index in [0.29, 0.717) is 19.3 Å². The van der Waals surface area contributed by atoms with Crippen molar-refractivity contribution in [3.63, 3.8) is 0 Å². The molecule has 0 fully saturated rings.